The van der Waals surface area contributed by atoms with Crippen LogP contribution in [-0.2, 0) is 9.84 Å². The van der Waals surface area contributed by atoms with Crippen LogP contribution in [0.15, 0.2) is 24.3 Å². The third kappa shape index (κ3) is 2.51. The molecule has 1 saturated carbocycles. The fourth-order valence-electron chi connectivity index (χ4n) is 3.41. The lowest BCUT2D eigenvalue weighted by Crippen LogP contribution is -2.34. The van der Waals surface area contributed by atoms with Crippen LogP contribution in [-0.4, -0.2) is 24.5 Å². The second-order valence-electron chi connectivity index (χ2n) is 6.10. The van der Waals surface area contributed by atoms with Gasteiger partial charge in [-0.15, -0.1) is 0 Å². The van der Waals surface area contributed by atoms with Gasteiger partial charge in [-0.25, -0.2) is 8.42 Å². The highest BCUT2D eigenvalue weighted by atomic mass is 32.2. The van der Waals surface area contributed by atoms with Crippen molar-refractivity contribution in [3.8, 4) is 0 Å². The summed E-state index contributed by atoms with van der Waals surface area (Å²) in [6.07, 6.45) is 4.89. The van der Waals surface area contributed by atoms with E-state index in [1.54, 1.807) is 0 Å². The van der Waals surface area contributed by atoms with Gasteiger partial charge in [-0.2, -0.15) is 0 Å². The summed E-state index contributed by atoms with van der Waals surface area (Å²) in [5.74, 6) is 0.729. The van der Waals surface area contributed by atoms with E-state index < -0.39 is 21.2 Å². The maximum absolute atomic E-state index is 12.2. The van der Waals surface area contributed by atoms with E-state index in [-0.39, 0.29) is 5.75 Å². The first-order valence-electron chi connectivity index (χ1n) is 7.58. The first kappa shape index (κ1) is 14.1. The van der Waals surface area contributed by atoms with Gasteiger partial charge in [0.25, 0.3) is 0 Å². The highest BCUT2D eigenvalue weighted by Crippen LogP contribution is 2.41. The molecule has 1 N–H and O–H groups in total. The van der Waals surface area contributed by atoms with Crippen molar-refractivity contribution in [2.45, 2.75) is 55.8 Å². The Balaban J connectivity index is 1.92. The molecule has 0 bridgehead atoms. The highest BCUT2D eigenvalue weighted by Gasteiger charge is 2.37. The molecule has 4 heteroatoms. The summed E-state index contributed by atoms with van der Waals surface area (Å²) in [6.45, 7) is 0. The van der Waals surface area contributed by atoms with Gasteiger partial charge in [0.1, 0.15) is 0 Å². The number of hydrogen-bond donors (Lipinski definition) is 1. The van der Waals surface area contributed by atoms with Gasteiger partial charge in [-0.05, 0) is 42.7 Å². The van der Waals surface area contributed by atoms with Crippen molar-refractivity contribution in [1.29, 1.82) is 0 Å². The standard InChI is InChI=1S/C16H22O3S/c17-16(15-10-3-4-11-20(15,18)19)14-9-2-1-8-13(14)12-6-5-7-12/h1-2,8-9,12,15-17H,3-7,10-11H2. The van der Waals surface area contributed by atoms with Crippen molar-refractivity contribution >= 4 is 9.84 Å². The number of benzene rings is 1. The van der Waals surface area contributed by atoms with Gasteiger partial charge in [0.15, 0.2) is 9.84 Å². The van der Waals surface area contributed by atoms with Gasteiger partial charge in [0.2, 0.25) is 0 Å². The lowest BCUT2D eigenvalue weighted by atomic mass is 9.77. The molecular weight excluding hydrogens is 272 g/mol. The molecule has 2 fully saturated rings. The lowest BCUT2D eigenvalue weighted by molar-refractivity contribution is 0.162. The van der Waals surface area contributed by atoms with Crippen LogP contribution in [0.2, 0.25) is 0 Å². The molecular formula is C16H22O3S. The molecule has 3 nitrogen and oxygen atoms in total. The molecule has 0 radical (unpaired) electrons. The van der Waals surface area contributed by atoms with Crippen LogP contribution < -0.4 is 0 Å². The zero-order chi connectivity index (χ0) is 14.2. The number of aliphatic hydroxyl groups is 1. The Morgan fingerprint density at radius 1 is 1.05 bits per heavy atom. The zero-order valence-electron chi connectivity index (χ0n) is 11.7. The third-order valence-electron chi connectivity index (χ3n) is 4.84. The van der Waals surface area contributed by atoms with Crippen molar-refractivity contribution in [2.24, 2.45) is 0 Å². The average Bonchev–Trinajstić information content (AvgIpc) is 2.36. The number of rotatable bonds is 3. The minimum atomic E-state index is -3.15. The Hall–Kier alpha value is -0.870. The Morgan fingerprint density at radius 2 is 1.80 bits per heavy atom. The first-order valence-corrected chi connectivity index (χ1v) is 9.29. The molecule has 1 saturated heterocycles. The maximum atomic E-state index is 12.2. The Morgan fingerprint density at radius 3 is 2.45 bits per heavy atom. The molecule has 20 heavy (non-hydrogen) atoms. The van der Waals surface area contributed by atoms with E-state index in [1.165, 1.54) is 6.42 Å². The molecule has 1 aromatic rings. The lowest BCUT2D eigenvalue weighted by Gasteiger charge is -2.32. The molecule has 2 aliphatic rings. The van der Waals surface area contributed by atoms with Crippen molar-refractivity contribution in [1.82, 2.24) is 0 Å². The number of hydrogen-bond acceptors (Lipinski definition) is 3. The minimum absolute atomic E-state index is 0.223. The van der Waals surface area contributed by atoms with Crippen molar-refractivity contribution < 1.29 is 13.5 Å². The normalized spacial score (nSPS) is 27.8. The molecule has 1 aliphatic carbocycles. The summed E-state index contributed by atoms with van der Waals surface area (Å²) in [5, 5.41) is 10.0. The van der Waals surface area contributed by atoms with E-state index in [4.69, 9.17) is 0 Å². The predicted molar refractivity (Wildman–Crippen MR) is 79.4 cm³/mol. The molecule has 2 unspecified atom stereocenters. The van der Waals surface area contributed by atoms with E-state index >= 15 is 0 Å². The monoisotopic (exact) mass is 294 g/mol. The van der Waals surface area contributed by atoms with Gasteiger partial charge in [0, 0.05) is 0 Å². The molecule has 0 amide bonds. The predicted octanol–water partition coefficient (Wildman–Crippen LogP) is 2.95. The van der Waals surface area contributed by atoms with Gasteiger partial charge >= 0.3 is 0 Å². The Kier molecular flexibility index (Phi) is 3.87. The topological polar surface area (TPSA) is 54.4 Å². The van der Waals surface area contributed by atoms with Crippen LogP contribution in [0.4, 0.5) is 0 Å². The van der Waals surface area contributed by atoms with Crippen molar-refractivity contribution in [3.63, 3.8) is 0 Å². The second kappa shape index (κ2) is 5.49. The SMILES string of the molecule is O=S1(=O)CCCCC1C(O)c1ccccc1C1CCC1. The van der Waals surface area contributed by atoms with Crippen LogP contribution in [0.25, 0.3) is 0 Å². The van der Waals surface area contributed by atoms with E-state index in [0.29, 0.717) is 12.3 Å². The van der Waals surface area contributed by atoms with Crippen LogP contribution in [0.5, 0.6) is 0 Å². The summed E-state index contributed by atoms with van der Waals surface area (Å²) in [4.78, 5) is 0. The van der Waals surface area contributed by atoms with E-state index in [9.17, 15) is 13.5 Å². The fraction of sp³-hybridized carbons (Fsp3) is 0.625. The first-order chi connectivity index (χ1) is 9.59. The fourth-order valence-corrected chi connectivity index (χ4v) is 5.38. The summed E-state index contributed by atoms with van der Waals surface area (Å²) >= 11 is 0. The van der Waals surface area contributed by atoms with Crippen LogP contribution in [0.3, 0.4) is 0 Å². The van der Waals surface area contributed by atoms with Crippen molar-refractivity contribution in [3.05, 3.63) is 35.4 Å². The molecule has 1 aromatic carbocycles. The quantitative estimate of drug-likeness (QED) is 0.932. The second-order valence-corrected chi connectivity index (χ2v) is 8.44. The minimum Gasteiger partial charge on any atom is -0.387 e. The van der Waals surface area contributed by atoms with Crippen LogP contribution in [0, 0.1) is 0 Å². The summed E-state index contributed by atoms with van der Waals surface area (Å²) < 4.78 is 24.4. The molecule has 1 heterocycles. The van der Waals surface area contributed by atoms with Crippen molar-refractivity contribution in [2.75, 3.05) is 5.75 Å². The maximum Gasteiger partial charge on any atom is 0.156 e. The van der Waals surface area contributed by atoms with Gasteiger partial charge in [0.05, 0.1) is 17.1 Å². The van der Waals surface area contributed by atoms with Crippen LogP contribution >= 0.6 is 0 Å². The average molecular weight is 294 g/mol. The smallest absolute Gasteiger partial charge is 0.156 e. The van der Waals surface area contributed by atoms with E-state index in [0.717, 1.165) is 36.8 Å². The molecule has 1 aliphatic heterocycles. The number of sulfone groups is 1. The Labute approximate surface area is 120 Å². The van der Waals surface area contributed by atoms with Gasteiger partial charge < -0.3 is 5.11 Å². The summed E-state index contributed by atoms with van der Waals surface area (Å²) in [5.41, 5.74) is 2.00. The molecule has 110 valence electrons. The molecule has 0 spiro atoms. The van der Waals surface area contributed by atoms with E-state index in [1.807, 2.05) is 18.2 Å². The summed E-state index contributed by atoms with van der Waals surface area (Å²) in [7, 11) is -3.15. The zero-order valence-corrected chi connectivity index (χ0v) is 12.5. The van der Waals surface area contributed by atoms with E-state index in [2.05, 4.69) is 6.07 Å². The number of aliphatic hydroxyl groups excluding tert-OH is 1. The Bertz CT molecular complexity index is 575. The van der Waals surface area contributed by atoms with Gasteiger partial charge in [-0.3, -0.25) is 0 Å². The highest BCUT2D eigenvalue weighted by molar-refractivity contribution is 7.92. The summed E-state index contributed by atoms with van der Waals surface area (Å²) in [6, 6.07) is 7.84. The third-order valence-corrected chi connectivity index (χ3v) is 7.11. The largest absolute Gasteiger partial charge is 0.387 e. The van der Waals surface area contributed by atoms with Gasteiger partial charge in [-0.1, -0.05) is 37.1 Å². The molecule has 2 atom stereocenters. The molecule has 0 aromatic heterocycles. The van der Waals surface area contributed by atoms with Crippen LogP contribution in [0.1, 0.15) is 61.7 Å². The molecule has 3 rings (SSSR count).